The molecular formula is C26H16N4O6. The summed E-state index contributed by atoms with van der Waals surface area (Å²) in [6, 6.07) is 24.3. The first-order valence-corrected chi connectivity index (χ1v) is 10.7. The van der Waals surface area contributed by atoms with Gasteiger partial charge in [-0.15, -0.1) is 0 Å². The van der Waals surface area contributed by atoms with Gasteiger partial charge < -0.3 is 0 Å². The van der Waals surface area contributed by atoms with Gasteiger partial charge in [0.2, 0.25) is 0 Å². The van der Waals surface area contributed by atoms with Crippen LogP contribution in [0.5, 0.6) is 0 Å². The van der Waals surface area contributed by atoms with Crippen molar-refractivity contribution in [3.8, 4) is 0 Å². The molecule has 1 aliphatic heterocycles. The lowest BCUT2D eigenvalue weighted by Crippen LogP contribution is -2.36. The molecule has 0 radical (unpaired) electrons. The van der Waals surface area contributed by atoms with E-state index in [1.165, 1.54) is 58.3 Å². The number of nitro groups is 2. The maximum absolute atomic E-state index is 13.6. The van der Waals surface area contributed by atoms with Crippen LogP contribution >= 0.6 is 0 Å². The van der Waals surface area contributed by atoms with E-state index in [4.69, 9.17) is 0 Å². The topological polar surface area (TPSA) is 127 Å². The summed E-state index contributed by atoms with van der Waals surface area (Å²) in [6.45, 7) is 0. The number of amides is 2. The Balaban J connectivity index is 1.61. The predicted octanol–water partition coefficient (Wildman–Crippen LogP) is 5.77. The van der Waals surface area contributed by atoms with E-state index in [9.17, 15) is 29.8 Å². The Kier molecular flexibility index (Phi) is 5.46. The summed E-state index contributed by atoms with van der Waals surface area (Å²) in [7, 11) is 0. The third-order valence-electron chi connectivity index (χ3n) is 5.78. The van der Waals surface area contributed by atoms with Crippen molar-refractivity contribution < 1.29 is 19.4 Å². The molecule has 0 saturated carbocycles. The lowest BCUT2D eigenvalue weighted by atomic mass is 10.0. The van der Waals surface area contributed by atoms with Crippen molar-refractivity contribution in [3.63, 3.8) is 0 Å². The first-order chi connectivity index (χ1) is 17.4. The van der Waals surface area contributed by atoms with Gasteiger partial charge in [-0.25, -0.2) is 0 Å². The van der Waals surface area contributed by atoms with E-state index in [0.29, 0.717) is 22.7 Å². The minimum Gasteiger partial charge on any atom is -0.273 e. The standard InChI is InChI=1S/C26H16N4O6/c31-25(17-9-13-19(14-10-17)29(33)34)27-21-5-1-2-6-22(21)28(24-8-4-3-7-23(24)27)26(32)18-11-15-20(16-12-18)30(35)36/h1-16H. The van der Waals surface area contributed by atoms with E-state index < -0.39 is 21.7 Å². The molecule has 36 heavy (non-hydrogen) atoms. The highest BCUT2D eigenvalue weighted by Crippen LogP contribution is 2.48. The number of rotatable bonds is 4. The van der Waals surface area contributed by atoms with Crippen LogP contribution in [0.4, 0.5) is 34.1 Å². The summed E-state index contributed by atoms with van der Waals surface area (Å²) < 4.78 is 0. The van der Waals surface area contributed by atoms with Crippen LogP contribution in [0.25, 0.3) is 0 Å². The Bertz CT molecular complexity index is 1370. The second kappa shape index (κ2) is 8.76. The van der Waals surface area contributed by atoms with E-state index >= 15 is 0 Å². The number of nitrogens with zero attached hydrogens (tertiary/aromatic N) is 4. The molecule has 0 N–H and O–H groups in total. The van der Waals surface area contributed by atoms with E-state index in [0.717, 1.165) is 0 Å². The van der Waals surface area contributed by atoms with Gasteiger partial charge in [0.25, 0.3) is 23.2 Å². The van der Waals surface area contributed by atoms with Crippen LogP contribution in [-0.2, 0) is 0 Å². The first-order valence-electron chi connectivity index (χ1n) is 10.7. The molecule has 176 valence electrons. The number of hydrogen-bond acceptors (Lipinski definition) is 6. The molecular weight excluding hydrogens is 464 g/mol. The molecule has 4 aromatic rings. The van der Waals surface area contributed by atoms with Gasteiger partial charge in [-0.05, 0) is 48.5 Å². The molecule has 0 saturated heterocycles. The van der Waals surface area contributed by atoms with Gasteiger partial charge in [-0.3, -0.25) is 39.6 Å². The number of benzene rings is 4. The lowest BCUT2D eigenvalue weighted by molar-refractivity contribution is -0.385. The molecule has 5 rings (SSSR count). The third kappa shape index (κ3) is 3.72. The summed E-state index contributed by atoms with van der Waals surface area (Å²) >= 11 is 0. The normalized spacial score (nSPS) is 11.9. The fourth-order valence-electron chi connectivity index (χ4n) is 4.09. The molecule has 10 nitrogen and oxygen atoms in total. The molecule has 0 atom stereocenters. The number of anilines is 4. The maximum Gasteiger partial charge on any atom is 0.269 e. The van der Waals surface area contributed by atoms with Crippen LogP contribution in [0, 0.1) is 20.2 Å². The summed E-state index contributed by atoms with van der Waals surface area (Å²) in [4.78, 5) is 51.2. The molecule has 0 unspecified atom stereocenters. The molecule has 0 aromatic heterocycles. The third-order valence-corrected chi connectivity index (χ3v) is 5.78. The zero-order chi connectivity index (χ0) is 25.4. The molecule has 4 aromatic carbocycles. The maximum atomic E-state index is 13.6. The number of fused-ring (bicyclic) bond motifs is 2. The molecule has 0 bridgehead atoms. The Morgan fingerprint density at radius 2 is 0.778 bits per heavy atom. The number of carbonyl (C=O) groups is 2. The van der Waals surface area contributed by atoms with Crippen LogP contribution in [0.3, 0.4) is 0 Å². The zero-order valence-corrected chi connectivity index (χ0v) is 18.5. The van der Waals surface area contributed by atoms with Gasteiger partial charge in [-0.2, -0.15) is 0 Å². The van der Waals surface area contributed by atoms with Crippen molar-refractivity contribution in [3.05, 3.63) is 128 Å². The second-order valence-electron chi connectivity index (χ2n) is 7.87. The summed E-state index contributed by atoms with van der Waals surface area (Å²) in [5, 5.41) is 22.0. The van der Waals surface area contributed by atoms with E-state index in [1.54, 1.807) is 48.5 Å². The van der Waals surface area contributed by atoms with Gasteiger partial charge in [0.05, 0.1) is 32.6 Å². The second-order valence-corrected chi connectivity index (χ2v) is 7.87. The van der Waals surface area contributed by atoms with Crippen LogP contribution in [-0.4, -0.2) is 21.7 Å². The summed E-state index contributed by atoms with van der Waals surface area (Å²) in [6.07, 6.45) is 0. The zero-order valence-electron chi connectivity index (χ0n) is 18.5. The van der Waals surface area contributed by atoms with Gasteiger partial charge >= 0.3 is 0 Å². The highest BCUT2D eigenvalue weighted by molar-refractivity contribution is 6.22. The largest absolute Gasteiger partial charge is 0.273 e. The fraction of sp³-hybridized carbons (Fsp3) is 0. The average molecular weight is 480 g/mol. The molecule has 0 aliphatic carbocycles. The molecule has 10 heteroatoms. The van der Waals surface area contributed by atoms with Crippen LogP contribution in [0.15, 0.2) is 97.1 Å². The molecule has 0 spiro atoms. The molecule has 1 heterocycles. The Hall–Kier alpha value is -5.38. The smallest absolute Gasteiger partial charge is 0.269 e. The highest BCUT2D eigenvalue weighted by atomic mass is 16.6. The van der Waals surface area contributed by atoms with Crippen molar-refractivity contribution in [2.24, 2.45) is 0 Å². The van der Waals surface area contributed by atoms with Gasteiger partial charge in [0, 0.05) is 35.4 Å². The minimum absolute atomic E-state index is 0.133. The monoisotopic (exact) mass is 480 g/mol. The van der Waals surface area contributed by atoms with Gasteiger partial charge in [0.1, 0.15) is 0 Å². The van der Waals surface area contributed by atoms with Crippen LogP contribution < -0.4 is 9.80 Å². The van der Waals surface area contributed by atoms with Gasteiger partial charge in [0.15, 0.2) is 0 Å². The van der Waals surface area contributed by atoms with Crippen molar-refractivity contribution >= 4 is 45.9 Å². The van der Waals surface area contributed by atoms with Crippen LogP contribution in [0.2, 0.25) is 0 Å². The van der Waals surface area contributed by atoms with Crippen molar-refractivity contribution in [2.75, 3.05) is 9.80 Å². The van der Waals surface area contributed by atoms with Crippen molar-refractivity contribution in [1.82, 2.24) is 0 Å². The summed E-state index contributed by atoms with van der Waals surface area (Å²) in [5.41, 5.74) is 1.96. The van der Waals surface area contributed by atoms with Crippen molar-refractivity contribution in [2.45, 2.75) is 0 Å². The molecule has 0 fully saturated rings. The summed E-state index contributed by atoms with van der Waals surface area (Å²) in [5.74, 6) is -0.848. The minimum atomic E-state index is -0.540. The predicted molar refractivity (Wildman–Crippen MR) is 132 cm³/mol. The SMILES string of the molecule is O=C(c1ccc([N+](=O)[O-])cc1)N1c2ccccc2N(C(=O)c2ccc([N+](=O)[O-])cc2)c2ccccc21. The highest BCUT2D eigenvalue weighted by Gasteiger charge is 2.35. The van der Waals surface area contributed by atoms with Crippen molar-refractivity contribution in [1.29, 1.82) is 0 Å². The average Bonchev–Trinajstić information content (AvgIpc) is 2.91. The van der Waals surface area contributed by atoms with E-state index in [1.807, 2.05) is 0 Å². The fourth-order valence-corrected chi connectivity index (χ4v) is 4.09. The number of carbonyl (C=O) groups excluding carboxylic acids is 2. The Morgan fingerprint density at radius 3 is 1.03 bits per heavy atom. The number of hydrogen-bond donors (Lipinski definition) is 0. The molecule has 1 aliphatic rings. The Labute approximate surface area is 203 Å². The first kappa shape index (κ1) is 22.4. The quantitative estimate of drug-likeness (QED) is 0.269. The van der Waals surface area contributed by atoms with E-state index in [-0.39, 0.29) is 22.5 Å². The van der Waals surface area contributed by atoms with Crippen LogP contribution in [0.1, 0.15) is 20.7 Å². The van der Waals surface area contributed by atoms with Gasteiger partial charge in [-0.1, -0.05) is 24.3 Å². The Morgan fingerprint density at radius 1 is 0.500 bits per heavy atom. The number of para-hydroxylation sites is 4. The molecule has 2 amide bonds. The van der Waals surface area contributed by atoms with E-state index in [2.05, 4.69) is 0 Å². The number of non-ortho nitro benzene ring substituents is 2. The number of nitro benzene ring substituents is 2. The lowest BCUT2D eigenvalue weighted by Gasteiger charge is -2.38.